The number of hydrogen-bond acceptors (Lipinski definition) is 3. The molecular weight excluding hydrogens is 271 g/mol. The predicted octanol–water partition coefficient (Wildman–Crippen LogP) is 5.33. The average Bonchev–Trinajstić information content (AvgIpc) is 2.27. The third-order valence-corrected chi connectivity index (χ3v) is 4.91. The van der Waals surface area contributed by atoms with Crippen molar-refractivity contribution in [3.8, 4) is 0 Å². The lowest BCUT2D eigenvalue weighted by Gasteiger charge is -2.26. The van der Waals surface area contributed by atoms with Crippen molar-refractivity contribution >= 4 is 29.7 Å². The highest BCUT2D eigenvalue weighted by atomic mass is 32.9. The van der Waals surface area contributed by atoms with E-state index in [0.717, 1.165) is 38.5 Å². The average molecular weight is 298 g/mol. The molecule has 0 aromatic rings. The SMILES string of the molecule is CCCC(CC)OP(=S)(S)OC(CC)CCC. The minimum Gasteiger partial charge on any atom is -0.318 e. The Morgan fingerprint density at radius 2 is 1.29 bits per heavy atom. The summed E-state index contributed by atoms with van der Waals surface area (Å²) in [7, 11) is 0. The van der Waals surface area contributed by atoms with Crippen molar-refractivity contribution < 1.29 is 9.05 Å². The minimum atomic E-state index is -2.37. The first-order valence-corrected chi connectivity index (χ1v) is 10.5. The molecule has 0 aliphatic carbocycles. The highest BCUT2D eigenvalue weighted by Gasteiger charge is 2.22. The van der Waals surface area contributed by atoms with E-state index >= 15 is 0 Å². The molecule has 0 spiro atoms. The fraction of sp³-hybridized carbons (Fsp3) is 1.00. The summed E-state index contributed by atoms with van der Waals surface area (Å²) in [5.41, 5.74) is -2.37. The van der Waals surface area contributed by atoms with Gasteiger partial charge in [-0.1, -0.05) is 52.8 Å². The smallest absolute Gasteiger partial charge is 0.244 e. The van der Waals surface area contributed by atoms with Gasteiger partial charge in [0.1, 0.15) is 0 Å². The Balaban J connectivity index is 4.29. The summed E-state index contributed by atoms with van der Waals surface area (Å²) < 4.78 is 11.7. The van der Waals surface area contributed by atoms with Crippen molar-refractivity contribution in [2.75, 3.05) is 0 Å². The Hall–Kier alpha value is 0.920. The molecule has 2 atom stereocenters. The van der Waals surface area contributed by atoms with Gasteiger partial charge in [-0.15, -0.1) is 0 Å². The molecule has 0 saturated heterocycles. The maximum atomic E-state index is 5.87. The fourth-order valence-electron chi connectivity index (χ4n) is 1.71. The van der Waals surface area contributed by atoms with Gasteiger partial charge in [-0.25, -0.2) is 0 Å². The lowest BCUT2D eigenvalue weighted by Crippen LogP contribution is -2.13. The van der Waals surface area contributed by atoms with Crippen LogP contribution in [0.5, 0.6) is 0 Å². The molecule has 0 aromatic carbocycles. The van der Waals surface area contributed by atoms with Gasteiger partial charge in [0.25, 0.3) is 0 Å². The molecule has 0 radical (unpaired) electrons. The van der Waals surface area contributed by atoms with Gasteiger partial charge in [0.15, 0.2) is 0 Å². The second-order valence-corrected chi connectivity index (χ2v) is 9.51. The maximum absolute atomic E-state index is 5.87. The zero-order chi connectivity index (χ0) is 13.3. The first-order valence-electron chi connectivity index (χ1n) is 6.68. The van der Waals surface area contributed by atoms with E-state index in [0.29, 0.717) is 0 Å². The first-order chi connectivity index (χ1) is 7.99. The molecule has 0 bridgehead atoms. The van der Waals surface area contributed by atoms with Gasteiger partial charge in [0.2, 0.25) is 5.69 Å². The molecule has 0 aromatic heterocycles. The predicted molar refractivity (Wildman–Crippen MR) is 83.4 cm³/mol. The second-order valence-electron chi connectivity index (χ2n) is 4.32. The van der Waals surface area contributed by atoms with E-state index in [4.69, 9.17) is 20.9 Å². The standard InChI is InChI=1S/C12H27O2PS2/c1-5-9-11(7-3)13-15(16,17)14-12(8-4)10-6-2/h11-12H,5-10H2,1-4H3,(H,16,17). The van der Waals surface area contributed by atoms with Crippen LogP contribution in [0.4, 0.5) is 0 Å². The van der Waals surface area contributed by atoms with Crippen LogP contribution in [0.15, 0.2) is 0 Å². The van der Waals surface area contributed by atoms with Gasteiger partial charge in [0.05, 0.1) is 12.2 Å². The van der Waals surface area contributed by atoms with E-state index in [2.05, 4.69) is 39.9 Å². The lowest BCUT2D eigenvalue weighted by atomic mass is 10.2. The quantitative estimate of drug-likeness (QED) is 0.434. The van der Waals surface area contributed by atoms with Gasteiger partial charge in [0, 0.05) is 0 Å². The molecule has 0 aliphatic heterocycles. The van der Waals surface area contributed by atoms with E-state index in [9.17, 15) is 0 Å². The van der Waals surface area contributed by atoms with Crippen molar-refractivity contribution in [2.24, 2.45) is 0 Å². The molecule has 0 heterocycles. The highest BCUT2D eigenvalue weighted by molar-refractivity contribution is 8.60. The number of thiol groups is 1. The summed E-state index contributed by atoms with van der Waals surface area (Å²) in [6.07, 6.45) is 6.61. The van der Waals surface area contributed by atoms with Crippen LogP contribution >= 0.6 is 17.9 Å². The lowest BCUT2D eigenvalue weighted by molar-refractivity contribution is 0.135. The van der Waals surface area contributed by atoms with Crippen LogP contribution in [0.3, 0.4) is 0 Å². The summed E-state index contributed by atoms with van der Waals surface area (Å²) in [5.74, 6) is 0. The molecule has 0 fully saturated rings. The molecule has 5 heteroatoms. The Bertz CT molecular complexity index is 217. The molecule has 0 N–H and O–H groups in total. The van der Waals surface area contributed by atoms with Crippen LogP contribution in [0.25, 0.3) is 0 Å². The van der Waals surface area contributed by atoms with E-state index in [1.807, 2.05) is 0 Å². The molecular formula is C12H27O2PS2. The van der Waals surface area contributed by atoms with E-state index < -0.39 is 5.69 Å². The summed E-state index contributed by atoms with van der Waals surface area (Å²) in [4.78, 5) is 0. The zero-order valence-electron chi connectivity index (χ0n) is 11.5. The largest absolute Gasteiger partial charge is 0.318 e. The molecule has 2 unspecified atom stereocenters. The summed E-state index contributed by atoms with van der Waals surface area (Å²) in [6.45, 7) is 8.54. The Kier molecular flexibility index (Phi) is 10.3. The van der Waals surface area contributed by atoms with Gasteiger partial charge >= 0.3 is 0 Å². The Morgan fingerprint density at radius 1 is 0.941 bits per heavy atom. The van der Waals surface area contributed by atoms with Crippen LogP contribution in [0.2, 0.25) is 0 Å². The van der Waals surface area contributed by atoms with Crippen molar-refractivity contribution in [1.82, 2.24) is 0 Å². The first kappa shape index (κ1) is 17.9. The van der Waals surface area contributed by atoms with Crippen LogP contribution in [0.1, 0.15) is 66.2 Å². The third-order valence-electron chi connectivity index (χ3n) is 2.70. The molecule has 0 aliphatic rings. The molecule has 2 nitrogen and oxygen atoms in total. The number of rotatable bonds is 10. The van der Waals surface area contributed by atoms with Gasteiger partial charge in [-0.05, 0) is 37.5 Å². The summed E-state index contributed by atoms with van der Waals surface area (Å²) in [5, 5.41) is 0. The second kappa shape index (κ2) is 9.80. The Labute approximate surface area is 117 Å². The van der Waals surface area contributed by atoms with E-state index in [-0.39, 0.29) is 12.2 Å². The van der Waals surface area contributed by atoms with Crippen molar-refractivity contribution in [1.29, 1.82) is 0 Å². The summed E-state index contributed by atoms with van der Waals surface area (Å²) in [6, 6.07) is 0. The van der Waals surface area contributed by atoms with Crippen molar-refractivity contribution in [3.05, 3.63) is 0 Å². The van der Waals surface area contributed by atoms with Crippen molar-refractivity contribution in [2.45, 2.75) is 78.4 Å². The van der Waals surface area contributed by atoms with Gasteiger partial charge in [-0.2, -0.15) is 0 Å². The molecule has 0 saturated carbocycles. The maximum Gasteiger partial charge on any atom is 0.244 e. The van der Waals surface area contributed by atoms with Crippen LogP contribution in [0, 0.1) is 0 Å². The monoisotopic (exact) mass is 298 g/mol. The molecule has 0 amide bonds. The highest BCUT2D eigenvalue weighted by Crippen LogP contribution is 2.56. The zero-order valence-corrected chi connectivity index (χ0v) is 14.1. The van der Waals surface area contributed by atoms with Crippen molar-refractivity contribution in [3.63, 3.8) is 0 Å². The van der Waals surface area contributed by atoms with Crippen LogP contribution in [-0.2, 0) is 20.9 Å². The normalized spacial score (nSPS) is 18.6. The minimum absolute atomic E-state index is 0.197. The van der Waals surface area contributed by atoms with Gasteiger partial charge < -0.3 is 9.05 Å². The third kappa shape index (κ3) is 8.61. The molecule has 17 heavy (non-hydrogen) atoms. The molecule has 0 rings (SSSR count). The fourth-order valence-corrected chi connectivity index (χ4v) is 4.55. The van der Waals surface area contributed by atoms with Crippen LogP contribution in [-0.4, -0.2) is 12.2 Å². The van der Waals surface area contributed by atoms with Crippen LogP contribution < -0.4 is 0 Å². The van der Waals surface area contributed by atoms with Gasteiger partial charge in [-0.3, -0.25) is 0 Å². The van der Waals surface area contributed by atoms with E-state index in [1.165, 1.54) is 0 Å². The number of hydrogen-bond donors (Lipinski definition) is 1. The van der Waals surface area contributed by atoms with E-state index in [1.54, 1.807) is 0 Å². The molecule has 104 valence electrons. The Morgan fingerprint density at radius 3 is 1.53 bits per heavy atom. The topological polar surface area (TPSA) is 18.5 Å². The summed E-state index contributed by atoms with van der Waals surface area (Å²) >= 11 is 9.83.